The zero-order valence-electron chi connectivity index (χ0n) is 16.2. The van der Waals surface area contributed by atoms with Crippen molar-refractivity contribution in [1.29, 1.82) is 0 Å². The van der Waals surface area contributed by atoms with E-state index in [1.165, 1.54) is 7.11 Å². The van der Waals surface area contributed by atoms with Crippen molar-refractivity contribution in [1.82, 2.24) is 14.5 Å². The van der Waals surface area contributed by atoms with Gasteiger partial charge in [-0.05, 0) is 12.8 Å². The molecule has 7 nitrogen and oxygen atoms in total. The maximum Gasteiger partial charge on any atom is 0.426 e. The molecule has 0 unspecified atom stereocenters. The molecule has 1 fully saturated rings. The van der Waals surface area contributed by atoms with E-state index in [1.54, 1.807) is 17.0 Å². The van der Waals surface area contributed by atoms with Gasteiger partial charge in [-0.3, -0.25) is 4.79 Å². The number of nitrogens with zero attached hydrogens (tertiary/aromatic N) is 3. The quantitative estimate of drug-likeness (QED) is 0.490. The van der Waals surface area contributed by atoms with Gasteiger partial charge >= 0.3 is 12.4 Å². The average molecular weight is 447 g/mol. The first-order valence-electron chi connectivity index (χ1n) is 9.12. The lowest BCUT2D eigenvalue weighted by Crippen LogP contribution is -2.59. The first-order chi connectivity index (χ1) is 13.9. The van der Waals surface area contributed by atoms with Crippen LogP contribution in [0.1, 0.15) is 31.0 Å². The number of imidazole rings is 1. The lowest BCUT2D eigenvalue weighted by Gasteiger charge is -2.36. The van der Waals surface area contributed by atoms with Crippen LogP contribution >= 0.6 is 0 Å². The Labute approximate surface area is 168 Å². The molecule has 172 valence electrons. The third-order valence-electron chi connectivity index (χ3n) is 4.97. The summed E-state index contributed by atoms with van der Waals surface area (Å²) in [6.45, 7) is 0.885. The van der Waals surface area contributed by atoms with Crippen LogP contribution in [-0.2, 0) is 21.0 Å². The number of hydrogen-bond acceptors (Lipinski definition) is 5. The second-order valence-corrected chi connectivity index (χ2v) is 6.97. The fourth-order valence-corrected chi connectivity index (χ4v) is 3.17. The molecule has 1 aromatic heterocycles. The minimum atomic E-state index is -6.02. The van der Waals surface area contributed by atoms with Gasteiger partial charge in [0, 0.05) is 38.5 Å². The summed E-state index contributed by atoms with van der Waals surface area (Å²) in [5.41, 5.74) is -5.08. The third kappa shape index (κ3) is 5.43. The molecule has 1 N–H and O–H groups in total. The maximum absolute atomic E-state index is 12.8. The van der Waals surface area contributed by atoms with E-state index in [4.69, 9.17) is 9.47 Å². The predicted octanol–water partition coefficient (Wildman–Crippen LogP) is 2.46. The normalized spacial score (nSPS) is 16.9. The van der Waals surface area contributed by atoms with E-state index in [0.29, 0.717) is 31.9 Å². The molecule has 1 amide bonds. The van der Waals surface area contributed by atoms with Crippen LogP contribution in [0, 0.1) is 0 Å². The van der Waals surface area contributed by atoms with E-state index in [-0.39, 0.29) is 25.7 Å². The Kier molecular flexibility index (Phi) is 7.74. The Morgan fingerprint density at radius 2 is 1.77 bits per heavy atom. The minimum absolute atomic E-state index is 0.0489. The molecular formula is C17H23F6N3O4. The molecule has 1 aliphatic rings. The van der Waals surface area contributed by atoms with E-state index < -0.39 is 30.3 Å². The molecule has 0 radical (unpaired) electrons. The van der Waals surface area contributed by atoms with Crippen LogP contribution in [0.3, 0.4) is 0 Å². The summed E-state index contributed by atoms with van der Waals surface area (Å²) in [5, 5.41) is 9.21. The molecule has 0 atom stereocenters. The van der Waals surface area contributed by atoms with Crippen LogP contribution < -0.4 is 0 Å². The molecule has 0 spiro atoms. The lowest BCUT2D eigenvalue weighted by atomic mass is 9.93. The number of carbonyl (C=O) groups excluding carboxylic acids is 1. The van der Waals surface area contributed by atoms with Gasteiger partial charge < -0.3 is 24.0 Å². The molecule has 0 aromatic carbocycles. The second kappa shape index (κ2) is 9.52. The van der Waals surface area contributed by atoms with Crippen molar-refractivity contribution in [3.8, 4) is 0 Å². The SMILES string of the molecule is COCCOCn1ccnc1C1CCN(C(=O)CC(O)(C(F)(F)F)C(F)(F)F)CC1. The summed E-state index contributed by atoms with van der Waals surface area (Å²) >= 11 is 0. The molecular weight excluding hydrogens is 424 g/mol. The van der Waals surface area contributed by atoms with Gasteiger partial charge in [0.2, 0.25) is 5.91 Å². The Hall–Kier alpha value is -1.86. The fourth-order valence-electron chi connectivity index (χ4n) is 3.17. The van der Waals surface area contributed by atoms with Crippen molar-refractivity contribution in [2.45, 2.75) is 49.9 Å². The standard InChI is InChI=1S/C17H23F6N3O4/c1-29-8-9-30-11-26-7-4-24-14(26)12-2-5-25(6-3-12)13(27)10-15(28,16(18,19)20)17(21,22)23/h4,7,12,28H,2-3,5-6,8-11H2,1H3. The summed E-state index contributed by atoms with van der Waals surface area (Å²) < 4.78 is 88.8. The molecule has 0 bridgehead atoms. The number of rotatable bonds is 8. The van der Waals surface area contributed by atoms with Crippen molar-refractivity contribution in [3.63, 3.8) is 0 Å². The number of likely N-dealkylation sites (tertiary alicyclic amines) is 1. The van der Waals surface area contributed by atoms with Gasteiger partial charge in [-0.2, -0.15) is 26.3 Å². The van der Waals surface area contributed by atoms with Gasteiger partial charge in [-0.25, -0.2) is 4.98 Å². The molecule has 1 aromatic rings. The number of hydrogen-bond donors (Lipinski definition) is 1. The van der Waals surface area contributed by atoms with Crippen molar-refractivity contribution in [2.24, 2.45) is 0 Å². The Balaban J connectivity index is 1.96. The van der Waals surface area contributed by atoms with Gasteiger partial charge in [-0.1, -0.05) is 0 Å². The highest BCUT2D eigenvalue weighted by atomic mass is 19.4. The zero-order chi connectivity index (χ0) is 22.6. The number of alkyl halides is 6. The molecule has 13 heteroatoms. The van der Waals surface area contributed by atoms with E-state index in [0.717, 1.165) is 4.90 Å². The fraction of sp³-hybridized carbons (Fsp3) is 0.765. The van der Waals surface area contributed by atoms with Crippen LogP contribution in [-0.4, -0.2) is 76.8 Å². The molecule has 1 aliphatic heterocycles. The number of carbonyl (C=O) groups is 1. The van der Waals surface area contributed by atoms with E-state index >= 15 is 0 Å². The summed E-state index contributed by atoms with van der Waals surface area (Å²) in [6.07, 6.45) is -10.3. The highest BCUT2D eigenvalue weighted by Crippen LogP contribution is 2.45. The van der Waals surface area contributed by atoms with Crippen molar-refractivity contribution in [3.05, 3.63) is 18.2 Å². The number of halogens is 6. The van der Waals surface area contributed by atoms with E-state index in [2.05, 4.69) is 4.98 Å². The number of aliphatic hydroxyl groups is 1. The van der Waals surface area contributed by atoms with Crippen molar-refractivity contribution in [2.75, 3.05) is 33.4 Å². The largest absolute Gasteiger partial charge is 0.426 e. The number of piperidine rings is 1. The van der Waals surface area contributed by atoms with Crippen LogP contribution in [0.5, 0.6) is 0 Å². The topological polar surface area (TPSA) is 76.8 Å². The van der Waals surface area contributed by atoms with Crippen LogP contribution in [0.15, 0.2) is 12.4 Å². The minimum Gasteiger partial charge on any atom is -0.382 e. The number of amides is 1. The maximum atomic E-state index is 12.8. The lowest BCUT2D eigenvalue weighted by molar-refractivity contribution is -0.367. The van der Waals surface area contributed by atoms with Crippen molar-refractivity contribution < 1.29 is 45.7 Å². The highest BCUT2D eigenvalue weighted by Gasteiger charge is 2.71. The Morgan fingerprint density at radius 3 is 2.30 bits per heavy atom. The van der Waals surface area contributed by atoms with Gasteiger partial charge in [0.15, 0.2) is 0 Å². The third-order valence-corrected chi connectivity index (χ3v) is 4.97. The van der Waals surface area contributed by atoms with Gasteiger partial charge in [0.05, 0.1) is 19.6 Å². The molecule has 30 heavy (non-hydrogen) atoms. The highest BCUT2D eigenvalue weighted by molar-refractivity contribution is 5.77. The Bertz CT molecular complexity index is 684. The zero-order valence-corrected chi connectivity index (χ0v) is 16.2. The summed E-state index contributed by atoms with van der Waals surface area (Å²) in [7, 11) is 1.53. The second-order valence-electron chi connectivity index (χ2n) is 6.97. The monoisotopic (exact) mass is 447 g/mol. The van der Waals surface area contributed by atoms with Crippen molar-refractivity contribution >= 4 is 5.91 Å². The van der Waals surface area contributed by atoms with Gasteiger partial charge in [0.25, 0.3) is 5.60 Å². The number of ether oxygens (including phenoxy) is 2. The molecule has 2 heterocycles. The molecule has 1 saturated heterocycles. The summed E-state index contributed by atoms with van der Waals surface area (Å²) in [6, 6.07) is 0. The van der Waals surface area contributed by atoms with Gasteiger partial charge in [0.1, 0.15) is 12.6 Å². The first-order valence-corrected chi connectivity index (χ1v) is 9.12. The van der Waals surface area contributed by atoms with Gasteiger partial charge in [-0.15, -0.1) is 0 Å². The van der Waals surface area contributed by atoms with Crippen LogP contribution in [0.25, 0.3) is 0 Å². The van der Waals surface area contributed by atoms with E-state index in [9.17, 15) is 36.2 Å². The van der Waals surface area contributed by atoms with Crippen LogP contribution in [0.2, 0.25) is 0 Å². The molecule has 0 aliphatic carbocycles. The average Bonchev–Trinajstić information content (AvgIpc) is 3.12. The van der Waals surface area contributed by atoms with E-state index in [1.807, 2.05) is 0 Å². The summed E-state index contributed by atoms with van der Waals surface area (Å²) in [5.74, 6) is -0.891. The molecule has 0 saturated carbocycles. The predicted molar refractivity (Wildman–Crippen MR) is 90.3 cm³/mol. The number of methoxy groups -OCH3 is 1. The first kappa shape index (κ1) is 24.4. The number of aromatic nitrogens is 2. The Morgan fingerprint density at radius 1 is 1.17 bits per heavy atom. The molecule has 2 rings (SSSR count). The summed E-state index contributed by atoms with van der Waals surface area (Å²) in [4.78, 5) is 17.2. The van der Waals surface area contributed by atoms with Crippen LogP contribution in [0.4, 0.5) is 26.3 Å². The smallest absolute Gasteiger partial charge is 0.382 e.